The first-order valence-corrected chi connectivity index (χ1v) is 14.2. The summed E-state index contributed by atoms with van der Waals surface area (Å²) in [5.41, 5.74) is 0.844. The van der Waals surface area contributed by atoms with Crippen LogP contribution in [0, 0.1) is 0 Å². The Labute approximate surface area is 201 Å². The van der Waals surface area contributed by atoms with Crippen molar-refractivity contribution in [1.82, 2.24) is 4.98 Å². The van der Waals surface area contributed by atoms with Crippen LogP contribution < -0.4 is 14.3 Å². The van der Waals surface area contributed by atoms with E-state index in [0.717, 1.165) is 17.6 Å². The van der Waals surface area contributed by atoms with Gasteiger partial charge in [0.2, 0.25) is 15.9 Å². The van der Waals surface area contributed by atoms with Gasteiger partial charge in [0.1, 0.15) is 0 Å². The summed E-state index contributed by atoms with van der Waals surface area (Å²) in [5, 5.41) is 4.99. The lowest BCUT2D eigenvalue weighted by Gasteiger charge is -2.22. The van der Waals surface area contributed by atoms with Gasteiger partial charge in [-0.1, -0.05) is 17.7 Å². The molecule has 0 saturated carbocycles. The first-order valence-electron chi connectivity index (χ1n) is 9.60. The molecule has 13 heteroatoms. The minimum atomic E-state index is -3.78. The molecular formula is C20H21ClN4O5S3. The molecule has 2 N–H and O–H groups in total. The summed E-state index contributed by atoms with van der Waals surface area (Å²) in [5.74, 6) is -0.328. The molecule has 0 aliphatic carbocycles. The number of hydrogen-bond donors (Lipinski definition) is 2. The van der Waals surface area contributed by atoms with E-state index in [1.807, 2.05) is 0 Å². The SMILES string of the molecule is CS(=O)(=O)N(CCCC(=O)Nc1ccc(S(=O)(=O)Nc2nccs2)cc1)c1cccc(Cl)c1. The molecular weight excluding hydrogens is 508 g/mol. The molecule has 0 bridgehead atoms. The number of benzene rings is 2. The Kier molecular flexibility index (Phi) is 7.95. The molecule has 3 rings (SSSR count). The minimum Gasteiger partial charge on any atom is -0.326 e. The lowest BCUT2D eigenvalue weighted by atomic mass is 10.2. The number of nitrogens with one attached hydrogen (secondary N) is 2. The van der Waals surface area contributed by atoms with Crippen molar-refractivity contribution in [3.05, 3.63) is 65.1 Å². The normalized spacial score (nSPS) is 11.7. The van der Waals surface area contributed by atoms with E-state index in [9.17, 15) is 21.6 Å². The van der Waals surface area contributed by atoms with Crippen LogP contribution >= 0.6 is 22.9 Å². The third kappa shape index (κ3) is 7.16. The first kappa shape index (κ1) is 25.0. The van der Waals surface area contributed by atoms with E-state index < -0.39 is 20.0 Å². The van der Waals surface area contributed by atoms with Gasteiger partial charge in [-0.2, -0.15) is 0 Å². The van der Waals surface area contributed by atoms with Crippen molar-refractivity contribution in [2.24, 2.45) is 0 Å². The highest BCUT2D eigenvalue weighted by Gasteiger charge is 2.18. The summed E-state index contributed by atoms with van der Waals surface area (Å²) < 4.78 is 52.6. The molecule has 2 aromatic carbocycles. The number of rotatable bonds is 10. The van der Waals surface area contributed by atoms with E-state index in [-0.39, 0.29) is 35.3 Å². The second-order valence-electron chi connectivity index (χ2n) is 6.93. The van der Waals surface area contributed by atoms with Crippen molar-refractivity contribution in [2.75, 3.05) is 27.1 Å². The van der Waals surface area contributed by atoms with Gasteiger partial charge in [0.15, 0.2) is 5.13 Å². The lowest BCUT2D eigenvalue weighted by molar-refractivity contribution is -0.116. The van der Waals surface area contributed by atoms with E-state index in [1.54, 1.807) is 29.6 Å². The molecule has 0 saturated heterocycles. The van der Waals surface area contributed by atoms with Gasteiger partial charge in [-0.15, -0.1) is 11.3 Å². The molecule has 1 heterocycles. The van der Waals surface area contributed by atoms with E-state index in [0.29, 0.717) is 16.4 Å². The van der Waals surface area contributed by atoms with Crippen LogP contribution in [0.5, 0.6) is 0 Å². The quantitative estimate of drug-likeness (QED) is 0.412. The first-order chi connectivity index (χ1) is 15.5. The van der Waals surface area contributed by atoms with E-state index >= 15 is 0 Å². The Morgan fingerprint density at radius 3 is 2.45 bits per heavy atom. The van der Waals surface area contributed by atoms with Gasteiger partial charge >= 0.3 is 0 Å². The number of carbonyl (C=O) groups is 1. The maximum atomic E-state index is 12.4. The standard InChI is InChI=1S/C20H21ClN4O5S3/c1-32(27,28)25(17-5-2-4-15(21)14-17)12-3-6-19(26)23-16-7-9-18(10-8-16)33(29,30)24-20-22-11-13-31-20/h2,4-5,7-11,13-14H,3,6,12H2,1H3,(H,22,24)(H,23,26). The monoisotopic (exact) mass is 528 g/mol. The second-order valence-corrected chi connectivity index (χ2v) is 11.9. The van der Waals surface area contributed by atoms with Crippen LogP contribution in [0.2, 0.25) is 5.02 Å². The summed E-state index contributed by atoms with van der Waals surface area (Å²) in [7, 11) is -7.34. The average Bonchev–Trinajstić information content (AvgIpc) is 3.23. The smallest absolute Gasteiger partial charge is 0.263 e. The number of amides is 1. The maximum Gasteiger partial charge on any atom is 0.263 e. The van der Waals surface area contributed by atoms with Crippen molar-refractivity contribution in [2.45, 2.75) is 17.7 Å². The van der Waals surface area contributed by atoms with Crippen molar-refractivity contribution < 1.29 is 21.6 Å². The molecule has 1 amide bonds. The van der Waals surface area contributed by atoms with Gasteiger partial charge in [-0.25, -0.2) is 21.8 Å². The molecule has 1 aromatic heterocycles. The Morgan fingerprint density at radius 1 is 1.12 bits per heavy atom. The molecule has 0 spiro atoms. The number of carbonyl (C=O) groups excluding carboxylic acids is 1. The zero-order chi connectivity index (χ0) is 24.1. The number of hydrogen-bond acceptors (Lipinski definition) is 7. The zero-order valence-corrected chi connectivity index (χ0v) is 20.6. The van der Waals surface area contributed by atoms with Crippen LogP contribution in [0.15, 0.2) is 65.0 Å². The summed E-state index contributed by atoms with van der Waals surface area (Å²) >= 11 is 7.12. The number of aromatic nitrogens is 1. The Hall–Kier alpha value is -2.67. The molecule has 0 radical (unpaired) electrons. The highest BCUT2D eigenvalue weighted by molar-refractivity contribution is 7.93. The number of sulfonamides is 2. The molecule has 0 fully saturated rings. The van der Waals surface area contributed by atoms with E-state index in [1.165, 1.54) is 34.8 Å². The highest BCUT2D eigenvalue weighted by Crippen LogP contribution is 2.23. The van der Waals surface area contributed by atoms with Crippen LogP contribution in [0.4, 0.5) is 16.5 Å². The number of anilines is 3. The van der Waals surface area contributed by atoms with Gasteiger partial charge in [-0.05, 0) is 48.9 Å². The fourth-order valence-corrected chi connectivity index (χ4v) is 5.82. The summed E-state index contributed by atoms with van der Waals surface area (Å²) in [6.45, 7) is 0.103. The average molecular weight is 529 g/mol. The van der Waals surface area contributed by atoms with Crippen molar-refractivity contribution in [1.29, 1.82) is 0 Å². The second kappa shape index (κ2) is 10.5. The molecule has 0 atom stereocenters. The maximum absolute atomic E-state index is 12.4. The van der Waals surface area contributed by atoms with Gasteiger partial charge in [-0.3, -0.25) is 13.8 Å². The summed E-state index contributed by atoms with van der Waals surface area (Å²) in [4.78, 5) is 16.2. The Bertz CT molecular complexity index is 1310. The fourth-order valence-electron chi connectivity index (χ4n) is 2.89. The molecule has 3 aromatic rings. The summed E-state index contributed by atoms with van der Waals surface area (Å²) in [6.07, 6.45) is 2.92. The molecule has 176 valence electrons. The Balaban J connectivity index is 1.56. The van der Waals surface area contributed by atoms with E-state index in [2.05, 4.69) is 15.0 Å². The number of thiazole rings is 1. The molecule has 0 unspecified atom stereocenters. The van der Waals surface area contributed by atoms with Crippen LogP contribution in [0.3, 0.4) is 0 Å². The van der Waals surface area contributed by atoms with Crippen LogP contribution in [0.25, 0.3) is 0 Å². The molecule has 0 aliphatic heterocycles. The van der Waals surface area contributed by atoms with Gasteiger partial charge in [0.25, 0.3) is 10.0 Å². The van der Waals surface area contributed by atoms with Crippen LogP contribution in [0.1, 0.15) is 12.8 Å². The minimum absolute atomic E-state index is 0.0287. The van der Waals surface area contributed by atoms with Crippen LogP contribution in [-0.2, 0) is 24.8 Å². The number of halogens is 1. The summed E-state index contributed by atoms with van der Waals surface area (Å²) in [6, 6.07) is 12.2. The van der Waals surface area contributed by atoms with Crippen LogP contribution in [-0.4, -0.2) is 40.5 Å². The van der Waals surface area contributed by atoms with Crippen molar-refractivity contribution >= 4 is 65.4 Å². The van der Waals surface area contributed by atoms with Crippen molar-refractivity contribution in [3.8, 4) is 0 Å². The van der Waals surface area contributed by atoms with E-state index in [4.69, 9.17) is 11.6 Å². The topological polar surface area (TPSA) is 126 Å². The third-order valence-corrected chi connectivity index (χ3v) is 7.97. The lowest BCUT2D eigenvalue weighted by Crippen LogP contribution is -2.31. The highest BCUT2D eigenvalue weighted by atomic mass is 35.5. The van der Waals surface area contributed by atoms with Gasteiger partial charge < -0.3 is 5.32 Å². The largest absolute Gasteiger partial charge is 0.326 e. The predicted molar refractivity (Wildman–Crippen MR) is 131 cm³/mol. The predicted octanol–water partition coefficient (Wildman–Crippen LogP) is 3.78. The molecule has 9 nitrogen and oxygen atoms in total. The molecule has 0 aliphatic rings. The molecule has 33 heavy (non-hydrogen) atoms. The van der Waals surface area contributed by atoms with Gasteiger partial charge in [0.05, 0.1) is 16.8 Å². The Morgan fingerprint density at radius 2 is 1.85 bits per heavy atom. The number of nitrogens with zero attached hydrogens (tertiary/aromatic N) is 2. The van der Waals surface area contributed by atoms with Gasteiger partial charge in [0, 0.05) is 35.3 Å². The van der Waals surface area contributed by atoms with Crippen molar-refractivity contribution in [3.63, 3.8) is 0 Å². The third-order valence-electron chi connectivity index (χ3n) is 4.36. The zero-order valence-electron chi connectivity index (χ0n) is 17.4. The fraction of sp³-hybridized carbons (Fsp3) is 0.200.